The van der Waals surface area contributed by atoms with E-state index >= 15 is 0 Å². The first kappa shape index (κ1) is 19.7. The number of rotatable bonds is 9. The van der Waals surface area contributed by atoms with Gasteiger partial charge >= 0.3 is 5.97 Å². The van der Waals surface area contributed by atoms with Crippen molar-refractivity contribution in [2.75, 3.05) is 18.6 Å². The van der Waals surface area contributed by atoms with E-state index in [-0.39, 0.29) is 18.3 Å². The molecular weight excluding hydrogens is 350 g/mol. The number of ketones is 1. The molecule has 0 heterocycles. The summed E-state index contributed by atoms with van der Waals surface area (Å²) in [4.78, 5) is 36.7. The van der Waals surface area contributed by atoms with Crippen LogP contribution >= 0.6 is 11.8 Å². The number of benzene rings is 2. The fourth-order valence-electron chi connectivity index (χ4n) is 2.26. The number of nitrogens with one attached hydrogen (secondary N) is 1. The molecule has 26 heavy (non-hydrogen) atoms. The van der Waals surface area contributed by atoms with E-state index in [4.69, 9.17) is 4.74 Å². The highest BCUT2D eigenvalue weighted by Crippen LogP contribution is 2.07. The zero-order valence-electron chi connectivity index (χ0n) is 14.5. The zero-order valence-corrected chi connectivity index (χ0v) is 15.3. The second-order valence-electron chi connectivity index (χ2n) is 5.57. The Labute approximate surface area is 157 Å². The Bertz CT molecular complexity index is 734. The summed E-state index contributed by atoms with van der Waals surface area (Å²) in [5.74, 6) is -0.547. The van der Waals surface area contributed by atoms with Crippen LogP contribution in [0.5, 0.6) is 0 Å². The Morgan fingerprint density at radius 3 is 2.12 bits per heavy atom. The summed E-state index contributed by atoms with van der Waals surface area (Å²) in [6, 6.07) is 16.5. The van der Waals surface area contributed by atoms with Gasteiger partial charge in [0.2, 0.25) is 0 Å². The van der Waals surface area contributed by atoms with Gasteiger partial charge in [0.15, 0.2) is 12.4 Å². The van der Waals surface area contributed by atoms with Crippen LogP contribution in [0.1, 0.15) is 27.1 Å². The Kier molecular flexibility index (Phi) is 7.89. The van der Waals surface area contributed by atoms with Crippen LogP contribution in [0.3, 0.4) is 0 Å². The number of Topliss-reactive ketones (excluding diaryl/α,β-unsaturated/α-hetero) is 1. The first-order valence-corrected chi connectivity index (χ1v) is 9.61. The van der Waals surface area contributed by atoms with Crippen molar-refractivity contribution in [3.8, 4) is 0 Å². The van der Waals surface area contributed by atoms with Gasteiger partial charge < -0.3 is 10.1 Å². The molecule has 2 aromatic rings. The maximum Gasteiger partial charge on any atom is 0.329 e. The number of hydrogen-bond acceptors (Lipinski definition) is 5. The molecule has 1 N–H and O–H groups in total. The average molecular weight is 371 g/mol. The van der Waals surface area contributed by atoms with Crippen molar-refractivity contribution in [1.82, 2.24) is 5.32 Å². The van der Waals surface area contributed by atoms with Gasteiger partial charge in [0.05, 0.1) is 0 Å². The van der Waals surface area contributed by atoms with Gasteiger partial charge in [0.25, 0.3) is 5.91 Å². The largest absolute Gasteiger partial charge is 0.456 e. The summed E-state index contributed by atoms with van der Waals surface area (Å²) >= 11 is 1.57. The second-order valence-corrected chi connectivity index (χ2v) is 6.56. The Morgan fingerprint density at radius 1 is 0.962 bits per heavy atom. The van der Waals surface area contributed by atoms with Gasteiger partial charge in [-0.2, -0.15) is 11.8 Å². The summed E-state index contributed by atoms with van der Waals surface area (Å²) in [6.45, 7) is -0.347. The molecule has 0 spiro atoms. The van der Waals surface area contributed by atoms with E-state index in [1.807, 2.05) is 12.3 Å². The first-order chi connectivity index (χ1) is 12.6. The molecule has 2 aromatic carbocycles. The fraction of sp³-hybridized carbons (Fsp3) is 0.250. The highest BCUT2D eigenvalue weighted by molar-refractivity contribution is 7.98. The monoisotopic (exact) mass is 371 g/mol. The number of esters is 1. The highest BCUT2D eigenvalue weighted by Gasteiger charge is 2.23. The number of carbonyl (C=O) groups excluding carboxylic acids is 3. The van der Waals surface area contributed by atoms with E-state index < -0.39 is 12.0 Å². The van der Waals surface area contributed by atoms with Crippen molar-refractivity contribution in [3.05, 3.63) is 71.8 Å². The molecule has 136 valence electrons. The molecular formula is C20H21NO4S. The molecule has 0 aliphatic heterocycles. The highest BCUT2D eigenvalue weighted by atomic mass is 32.2. The standard InChI is InChI=1S/C20H21NO4S/c1-26-13-12-17(21-19(23)16-10-6-3-7-11-16)20(24)25-14-18(22)15-8-4-2-5-9-15/h2-11,17H,12-14H2,1H3,(H,21,23). The van der Waals surface area contributed by atoms with Crippen LogP contribution in [-0.2, 0) is 9.53 Å². The number of amides is 1. The maximum atomic E-state index is 12.4. The molecule has 0 saturated carbocycles. The van der Waals surface area contributed by atoms with Gasteiger partial charge in [-0.3, -0.25) is 9.59 Å². The summed E-state index contributed by atoms with van der Waals surface area (Å²) in [5.41, 5.74) is 0.948. The topological polar surface area (TPSA) is 72.5 Å². The number of carbonyl (C=O) groups is 3. The van der Waals surface area contributed by atoms with Crippen molar-refractivity contribution in [3.63, 3.8) is 0 Å². The van der Waals surface area contributed by atoms with Crippen LogP contribution in [0.25, 0.3) is 0 Å². The molecule has 6 heteroatoms. The SMILES string of the molecule is CSCCC(NC(=O)c1ccccc1)C(=O)OCC(=O)c1ccccc1. The van der Waals surface area contributed by atoms with Crippen molar-refractivity contribution >= 4 is 29.4 Å². The van der Waals surface area contributed by atoms with E-state index in [0.29, 0.717) is 23.3 Å². The Balaban J connectivity index is 1.95. The minimum atomic E-state index is -0.793. The summed E-state index contributed by atoms with van der Waals surface area (Å²) in [6.07, 6.45) is 2.35. The molecule has 0 aliphatic rings. The molecule has 0 fully saturated rings. The summed E-state index contributed by atoms with van der Waals surface area (Å²) in [5, 5.41) is 2.69. The van der Waals surface area contributed by atoms with Crippen LogP contribution in [0.2, 0.25) is 0 Å². The van der Waals surface area contributed by atoms with Gasteiger partial charge in [-0.05, 0) is 30.6 Å². The van der Waals surface area contributed by atoms with Gasteiger partial charge in [0, 0.05) is 11.1 Å². The molecule has 1 amide bonds. The fourth-order valence-corrected chi connectivity index (χ4v) is 2.73. The molecule has 0 saturated heterocycles. The van der Waals surface area contributed by atoms with E-state index in [1.54, 1.807) is 66.4 Å². The Morgan fingerprint density at radius 2 is 1.54 bits per heavy atom. The first-order valence-electron chi connectivity index (χ1n) is 8.21. The normalized spacial score (nSPS) is 11.4. The number of hydrogen-bond donors (Lipinski definition) is 1. The van der Waals surface area contributed by atoms with E-state index in [1.165, 1.54) is 0 Å². The predicted octanol–water partition coefficient (Wildman–Crippen LogP) is 2.96. The van der Waals surface area contributed by atoms with Gasteiger partial charge in [-0.1, -0.05) is 48.5 Å². The minimum absolute atomic E-state index is 0.281. The minimum Gasteiger partial charge on any atom is -0.456 e. The number of thioether (sulfide) groups is 1. The lowest BCUT2D eigenvalue weighted by molar-refractivity contribution is -0.144. The van der Waals surface area contributed by atoms with Crippen LogP contribution in [0.15, 0.2) is 60.7 Å². The molecule has 1 unspecified atom stereocenters. The van der Waals surface area contributed by atoms with E-state index in [9.17, 15) is 14.4 Å². The lowest BCUT2D eigenvalue weighted by atomic mass is 10.1. The van der Waals surface area contributed by atoms with Crippen LogP contribution in [-0.4, -0.2) is 42.3 Å². The van der Waals surface area contributed by atoms with Crippen LogP contribution < -0.4 is 5.32 Å². The van der Waals surface area contributed by atoms with Gasteiger partial charge in [-0.25, -0.2) is 4.79 Å². The third-order valence-electron chi connectivity index (χ3n) is 3.68. The molecule has 0 bridgehead atoms. The second kappa shape index (κ2) is 10.4. The predicted molar refractivity (Wildman–Crippen MR) is 102 cm³/mol. The van der Waals surface area contributed by atoms with Gasteiger partial charge in [0.1, 0.15) is 6.04 Å². The molecule has 0 aliphatic carbocycles. The quantitative estimate of drug-likeness (QED) is 0.542. The Hall–Kier alpha value is -2.60. The third-order valence-corrected chi connectivity index (χ3v) is 4.32. The van der Waals surface area contributed by atoms with Gasteiger partial charge in [-0.15, -0.1) is 0 Å². The average Bonchev–Trinajstić information content (AvgIpc) is 2.70. The van der Waals surface area contributed by atoms with Crippen LogP contribution in [0, 0.1) is 0 Å². The lowest BCUT2D eigenvalue weighted by Crippen LogP contribution is -2.42. The summed E-state index contributed by atoms with van der Waals surface area (Å²) in [7, 11) is 0. The molecule has 1 atom stereocenters. The molecule has 5 nitrogen and oxygen atoms in total. The lowest BCUT2D eigenvalue weighted by Gasteiger charge is -2.17. The number of ether oxygens (including phenoxy) is 1. The van der Waals surface area contributed by atoms with E-state index in [2.05, 4.69) is 5.32 Å². The smallest absolute Gasteiger partial charge is 0.329 e. The van der Waals surface area contributed by atoms with Crippen molar-refractivity contribution < 1.29 is 19.1 Å². The summed E-state index contributed by atoms with van der Waals surface area (Å²) < 4.78 is 5.14. The molecule has 0 aromatic heterocycles. The third kappa shape index (κ3) is 6.04. The molecule has 0 radical (unpaired) electrons. The van der Waals surface area contributed by atoms with Crippen molar-refractivity contribution in [1.29, 1.82) is 0 Å². The maximum absolute atomic E-state index is 12.4. The van der Waals surface area contributed by atoms with Crippen molar-refractivity contribution in [2.24, 2.45) is 0 Å². The van der Waals surface area contributed by atoms with Crippen LogP contribution in [0.4, 0.5) is 0 Å². The zero-order chi connectivity index (χ0) is 18.8. The van der Waals surface area contributed by atoms with E-state index in [0.717, 1.165) is 0 Å². The van der Waals surface area contributed by atoms with Crippen molar-refractivity contribution in [2.45, 2.75) is 12.5 Å². The molecule has 2 rings (SSSR count).